The average molecular weight is 432 g/mol. The second-order valence-electron chi connectivity index (χ2n) is 7.39. The number of carbonyl (C=O) groups excluding carboxylic acids is 1. The van der Waals surface area contributed by atoms with Gasteiger partial charge in [-0.1, -0.05) is 72.8 Å². The fourth-order valence-corrected chi connectivity index (χ4v) is 3.70. The first kappa shape index (κ1) is 20.2. The van der Waals surface area contributed by atoms with Gasteiger partial charge < -0.3 is 5.11 Å². The molecule has 0 bridgehead atoms. The van der Waals surface area contributed by atoms with Crippen LogP contribution >= 0.6 is 0 Å². The summed E-state index contributed by atoms with van der Waals surface area (Å²) in [6, 6.07) is 29.7. The van der Waals surface area contributed by atoms with E-state index in [1.54, 1.807) is 47.4 Å². The van der Waals surface area contributed by atoms with Crippen LogP contribution in [0.15, 0.2) is 109 Å². The summed E-state index contributed by atoms with van der Waals surface area (Å²) in [5.41, 5.74) is 7.12. The van der Waals surface area contributed by atoms with Crippen LogP contribution in [-0.2, 0) is 0 Å². The molecule has 160 valence electrons. The number of amides is 1. The summed E-state index contributed by atoms with van der Waals surface area (Å²) in [5, 5.41) is 10.6. The van der Waals surface area contributed by atoms with E-state index in [0.717, 1.165) is 11.1 Å². The zero-order valence-corrected chi connectivity index (χ0v) is 17.6. The van der Waals surface area contributed by atoms with Crippen LogP contribution in [0.1, 0.15) is 10.4 Å². The molecular weight excluding hydrogens is 412 g/mol. The summed E-state index contributed by atoms with van der Waals surface area (Å²) >= 11 is 0. The molecule has 5 aromatic rings. The predicted molar refractivity (Wildman–Crippen MR) is 128 cm³/mol. The zero-order valence-electron chi connectivity index (χ0n) is 17.6. The smallest absolute Gasteiger partial charge is 0.270 e. The number of nitrogens with one attached hydrogen (secondary N) is 1. The van der Waals surface area contributed by atoms with Gasteiger partial charge in [0, 0.05) is 29.1 Å². The highest BCUT2D eigenvalue weighted by Gasteiger charge is 2.24. The normalized spacial score (nSPS) is 10.7. The molecule has 0 aliphatic rings. The first-order chi connectivity index (χ1) is 16.2. The number of aromatic hydroxyl groups is 1. The minimum Gasteiger partial charge on any atom is -0.507 e. The lowest BCUT2D eigenvalue weighted by atomic mass is 10.1. The molecule has 0 atom stereocenters. The second kappa shape index (κ2) is 8.80. The molecule has 2 aromatic heterocycles. The first-order valence-corrected chi connectivity index (χ1v) is 10.5. The van der Waals surface area contributed by atoms with Gasteiger partial charge in [0.25, 0.3) is 5.91 Å². The van der Waals surface area contributed by atoms with Crippen molar-refractivity contribution in [2.75, 3.05) is 5.43 Å². The Labute approximate surface area is 190 Å². The van der Waals surface area contributed by atoms with Crippen molar-refractivity contribution in [3.8, 4) is 39.7 Å². The highest BCUT2D eigenvalue weighted by Crippen LogP contribution is 2.37. The lowest BCUT2D eigenvalue weighted by molar-refractivity contribution is 0.101. The summed E-state index contributed by atoms with van der Waals surface area (Å²) in [4.78, 5) is 22.1. The van der Waals surface area contributed by atoms with Crippen molar-refractivity contribution in [1.29, 1.82) is 0 Å². The van der Waals surface area contributed by atoms with Crippen LogP contribution in [0.3, 0.4) is 0 Å². The number of hydrogen-bond acceptors (Lipinski definition) is 4. The minimum atomic E-state index is -0.316. The molecule has 6 heteroatoms. The standard InChI is InChI=1S/C27H20N4O2/c32-23-14-8-7-13-22(23)26-29-24(19-9-3-1-4-10-19)25(20-11-5-2-6-12-20)31(26)30-27(33)21-15-17-28-18-16-21/h1-18,32H,(H,30,33). The summed E-state index contributed by atoms with van der Waals surface area (Å²) < 4.78 is 1.65. The molecular formula is C27H20N4O2. The van der Waals surface area contributed by atoms with E-state index in [1.807, 2.05) is 66.7 Å². The SMILES string of the molecule is O=C(Nn1c(-c2ccccc2O)nc(-c2ccccc2)c1-c1ccccc1)c1ccncc1. The van der Waals surface area contributed by atoms with Gasteiger partial charge in [0.2, 0.25) is 0 Å². The number of imidazole rings is 1. The number of aromatic nitrogens is 3. The average Bonchev–Trinajstić information content (AvgIpc) is 3.24. The maximum atomic E-state index is 13.2. The molecule has 33 heavy (non-hydrogen) atoms. The van der Waals surface area contributed by atoms with Crippen molar-refractivity contribution in [3.05, 3.63) is 115 Å². The van der Waals surface area contributed by atoms with Crippen molar-refractivity contribution < 1.29 is 9.90 Å². The maximum Gasteiger partial charge on any atom is 0.270 e. The highest BCUT2D eigenvalue weighted by molar-refractivity contribution is 6.01. The van der Waals surface area contributed by atoms with E-state index in [9.17, 15) is 9.90 Å². The van der Waals surface area contributed by atoms with Crippen molar-refractivity contribution >= 4 is 5.91 Å². The Morgan fingerprint density at radius 2 is 1.36 bits per heavy atom. The topological polar surface area (TPSA) is 80.0 Å². The summed E-state index contributed by atoms with van der Waals surface area (Å²) in [6.45, 7) is 0. The van der Waals surface area contributed by atoms with Gasteiger partial charge in [-0.05, 0) is 24.3 Å². The number of para-hydroxylation sites is 1. The van der Waals surface area contributed by atoms with Crippen LogP contribution in [0, 0.1) is 0 Å². The third-order valence-corrected chi connectivity index (χ3v) is 5.27. The van der Waals surface area contributed by atoms with Gasteiger partial charge in [-0.2, -0.15) is 0 Å². The molecule has 0 aliphatic carbocycles. The van der Waals surface area contributed by atoms with E-state index in [2.05, 4.69) is 10.4 Å². The fourth-order valence-electron chi connectivity index (χ4n) is 3.70. The van der Waals surface area contributed by atoms with Gasteiger partial charge in [0.05, 0.1) is 17.0 Å². The molecule has 0 unspecified atom stereocenters. The van der Waals surface area contributed by atoms with Gasteiger partial charge in [-0.25, -0.2) is 9.66 Å². The van der Waals surface area contributed by atoms with Gasteiger partial charge >= 0.3 is 0 Å². The lowest BCUT2D eigenvalue weighted by Gasteiger charge is -2.15. The molecule has 6 nitrogen and oxygen atoms in total. The molecule has 0 saturated heterocycles. The number of phenols is 1. The van der Waals surface area contributed by atoms with E-state index in [-0.39, 0.29) is 11.7 Å². The van der Waals surface area contributed by atoms with Gasteiger partial charge in [0.15, 0.2) is 5.82 Å². The predicted octanol–water partition coefficient (Wildman–Crippen LogP) is 5.37. The number of pyridine rings is 1. The van der Waals surface area contributed by atoms with Crippen molar-refractivity contribution in [3.63, 3.8) is 0 Å². The molecule has 0 radical (unpaired) electrons. The summed E-state index contributed by atoms with van der Waals surface area (Å²) in [7, 11) is 0. The third-order valence-electron chi connectivity index (χ3n) is 5.27. The van der Waals surface area contributed by atoms with Crippen molar-refractivity contribution in [2.45, 2.75) is 0 Å². The summed E-state index contributed by atoms with van der Waals surface area (Å²) in [6.07, 6.45) is 3.14. The van der Waals surface area contributed by atoms with E-state index in [0.29, 0.717) is 28.3 Å². The fraction of sp³-hybridized carbons (Fsp3) is 0. The molecule has 0 aliphatic heterocycles. The second-order valence-corrected chi connectivity index (χ2v) is 7.39. The molecule has 0 spiro atoms. The van der Waals surface area contributed by atoms with Crippen LogP contribution in [0.25, 0.3) is 33.9 Å². The maximum absolute atomic E-state index is 13.2. The molecule has 2 heterocycles. The zero-order chi connectivity index (χ0) is 22.6. The molecule has 5 rings (SSSR count). The van der Waals surface area contributed by atoms with Crippen LogP contribution in [0.2, 0.25) is 0 Å². The number of phenolic OH excluding ortho intramolecular Hbond substituents is 1. The van der Waals surface area contributed by atoms with Crippen LogP contribution in [0.5, 0.6) is 5.75 Å². The monoisotopic (exact) mass is 432 g/mol. The molecule has 1 amide bonds. The number of nitrogens with zero attached hydrogens (tertiary/aromatic N) is 3. The van der Waals surface area contributed by atoms with Gasteiger partial charge in [-0.3, -0.25) is 15.2 Å². The lowest BCUT2D eigenvalue weighted by Crippen LogP contribution is -2.24. The highest BCUT2D eigenvalue weighted by atomic mass is 16.3. The Morgan fingerprint density at radius 3 is 2.03 bits per heavy atom. The Balaban J connectivity index is 1.78. The Kier molecular flexibility index (Phi) is 5.39. The number of benzene rings is 3. The number of hydrogen-bond donors (Lipinski definition) is 2. The van der Waals surface area contributed by atoms with Gasteiger partial charge in [0.1, 0.15) is 5.75 Å². The van der Waals surface area contributed by atoms with E-state index < -0.39 is 0 Å². The van der Waals surface area contributed by atoms with Crippen LogP contribution < -0.4 is 5.43 Å². The van der Waals surface area contributed by atoms with E-state index >= 15 is 0 Å². The first-order valence-electron chi connectivity index (χ1n) is 10.5. The van der Waals surface area contributed by atoms with E-state index in [1.165, 1.54) is 0 Å². The summed E-state index contributed by atoms with van der Waals surface area (Å²) in [5.74, 6) is 0.178. The Bertz CT molecular complexity index is 1400. The molecule has 0 fully saturated rings. The van der Waals surface area contributed by atoms with E-state index in [4.69, 9.17) is 4.98 Å². The molecule has 2 N–H and O–H groups in total. The number of carbonyl (C=O) groups is 1. The largest absolute Gasteiger partial charge is 0.507 e. The van der Waals surface area contributed by atoms with Crippen molar-refractivity contribution in [2.24, 2.45) is 0 Å². The molecule has 3 aromatic carbocycles. The molecule has 0 saturated carbocycles. The third kappa shape index (κ3) is 3.97. The Morgan fingerprint density at radius 1 is 0.758 bits per heavy atom. The van der Waals surface area contributed by atoms with Crippen LogP contribution in [-0.4, -0.2) is 25.7 Å². The van der Waals surface area contributed by atoms with Crippen molar-refractivity contribution in [1.82, 2.24) is 14.6 Å². The quantitative estimate of drug-likeness (QED) is 0.391. The van der Waals surface area contributed by atoms with Crippen LogP contribution in [0.4, 0.5) is 0 Å². The number of rotatable bonds is 5. The Hall–Kier alpha value is -4.71. The minimum absolute atomic E-state index is 0.0705. The van der Waals surface area contributed by atoms with Gasteiger partial charge in [-0.15, -0.1) is 0 Å².